The van der Waals surface area contributed by atoms with Gasteiger partial charge in [0.15, 0.2) is 5.82 Å². The van der Waals surface area contributed by atoms with Crippen LogP contribution in [0.5, 0.6) is 0 Å². The topological polar surface area (TPSA) is 128 Å². The van der Waals surface area contributed by atoms with Gasteiger partial charge in [0, 0.05) is 6.92 Å². The first kappa shape index (κ1) is 15.1. The molecule has 1 rings (SSSR count). The highest BCUT2D eigenvalue weighted by Crippen LogP contribution is 2.38. The fourth-order valence-corrected chi connectivity index (χ4v) is 2.11. The van der Waals surface area contributed by atoms with Gasteiger partial charge in [-0.2, -0.15) is 0 Å². The van der Waals surface area contributed by atoms with Gasteiger partial charge in [0.05, 0.1) is 5.88 Å². The van der Waals surface area contributed by atoms with Gasteiger partial charge >= 0.3 is 13.6 Å². The Morgan fingerprint density at radius 2 is 2.33 bits per heavy atom. The van der Waals surface area contributed by atoms with Crippen LogP contribution in [0.25, 0.3) is 0 Å². The van der Waals surface area contributed by atoms with Crippen molar-refractivity contribution < 1.29 is 23.8 Å². The number of rotatable bonds is 6. The number of phosphoric ester groups is 1. The predicted molar refractivity (Wildman–Crippen MR) is 61.3 cm³/mol. The molecule has 1 aromatic rings. The molecule has 0 bridgehead atoms. The van der Waals surface area contributed by atoms with Crippen LogP contribution in [-0.4, -0.2) is 36.2 Å². The molecule has 1 atom stereocenters. The largest absolute Gasteiger partial charge is 0.470 e. The van der Waals surface area contributed by atoms with Crippen molar-refractivity contribution in [3.8, 4) is 0 Å². The summed E-state index contributed by atoms with van der Waals surface area (Å²) in [4.78, 5) is 31.1. The van der Waals surface area contributed by atoms with E-state index in [4.69, 9.17) is 21.4 Å². The first-order chi connectivity index (χ1) is 8.24. The maximum atomic E-state index is 10.7. The van der Waals surface area contributed by atoms with Crippen molar-refractivity contribution in [1.29, 1.82) is 0 Å². The number of halogens is 1. The third kappa shape index (κ3) is 4.04. The number of aromatic nitrogens is 2. The van der Waals surface area contributed by atoms with E-state index in [2.05, 4.69) is 9.51 Å². The molecule has 0 spiro atoms. The third-order valence-electron chi connectivity index (χ3n) is 2.07. The fraction of sp³-hybridized carbons (Fsp3) is 0.571. The lowest BCUT2D eigenvalue weighted by Gasteiger charge is -2.14. The summed E-state index contributed by atoms with van der Waals surface area (Å²) in [5.41, 5.74) is 0. The van der Waals surface area contributed by atoms with Crippen LogP contribution < -0.4 is 0 Å². The fourth-order valence-electron chi connectivity index (χ4n) is 1.34. The molecule has 102 valence electrons. The van der Waals surface area contributed by atoms with Crippen LogP contribution in [0.4, 0.5) is 5.82 Å². The summed E-state index contributed by atoms with van der Waals surface area (Å²) in [6.07, 6.45) is -0.00271. The Labute approximate surface area is 107 Å². The second-order valence-corrected chi connectivity index (χ2v) is 4.90. The number of imidazole rings is 1. The van der Waals surface area contributed by atoms with E-state index in [1.54, 1.807) is 0 Å². The molecular weight excluding hydrogens is 289 g/mol. The number of nitrogens with zero attached hydrogens (tertiary/aromatic N) is 3. The molecular formula is C7H11ClN3O6P. The van der Waals surface area contributed by atoms with Crippen molar-refractivity contribution in [2.75, 3.05) is 5.88 Å². The molecule has 1 unspecified atom stereocenters. The van der Waals surface area contributed by atoms with Gasteiger partial charge in [-0.05, 0) is 4.92 Å². The summed E-state index contributed by atoms with van der Waals surface area (Å²) < 4.78 is 16.3. The molecule has 0 aromatic carbocycles. The van der Waals surface area contributed by atoms with Crippen LogP contribution in [0.3, 0.4) is 0 Å². The van der Waals surface area contributed by atoms with E-state index in [1.165, 1.54) is 11.5 Å². The zero-order valence-electron chi connectivity index (χ0n) is 9.26. The molecule has 1 heterocycles. The Balaban J connectivity index is 2.91. The SMILES string of the molecule is Cc1ncc([N+](=O)[O-])n1CC(CCl)OP(=O)(O)O. The van der Waals surface area contributed by atoms with E-state index in [0.717, 1.165) is 6.20 Å². The standard InChI is InChI=1S/C7H11ClN3O6P/c1-5-9-3-7(11(12)13)10(5)4-6(2-8)17-18(14,15)16/h3,6H,2,4H2,1H3,(H2,14,15,16). The molecule has 0 fully saturated rings. The second-order valence-electron chi connectivity index (χ2n) is 3.40. The highest BCUT2D eigenvalue weighted by molar-refractivity contribution is 7.46. The third-order valence-corrected chi connectivity index (χ3v) is 2.98. The molecule has 0 aliphatic heterocycles. The van der Waals surface area contributed by atoms with Crippen molar-refractivity contribution >= 4 is 25.2 Å². The lowest BCUT2D eigenvalue weighted by atomic mass is 10.4. The number of aryl methyl sites for hydroxylation is 1. The number of phosphoric acid groups is 1. The van der Waals surface area contributed by atoms with Gasteiger partial charge in [0.25, 0.3) is 0 Å². The summed E-state index contributed by atoms with van der Waals surface area (Å²) in [5, 5.41) is 10.7. The van der Waals surface area contributed by atoms with E-state index < -0.39 is 18.8 Å². The number of nitro groups is 1. The monoisotopic (exact) mass is 299 g/mol. The van der Waals surface area contributed by atoms with Crippen LogP contribution in [0, 0.1) is 17.0 Å². The van der Waals surface area contributed by atoms with Gasteiger partial charge in [0.1, 0.15) is 18.8 Å². The van der Waals surface area contributed by atoms with Gasteiger partial charge in [-0.25, -0.2) is 14.1 Å². The molecule has 2 N–H and O–H groups in total. The van der Waals surface area contributed by atoms with Crippen LogP contribution in [0.15, 0.2) is 6.20 Å². The smallest absolute Gasteiger partial charge is 0.358 e. The number of alkyl halides is 1. The molecule has 1 aromatic heterocycles. The van der Waals surface area contributed by atoms with Crippen molar-refractivity contribution in [1.82, 2.24) is 9.55 Å². The zero-order valence-corrected chi connectivity index (χ0v) is 10.9. The minimum absolute atomic E-state index is 0.170. The Bertz CT molecular complexity index is 486. The summed E-state index contributed by atoms with van der Waals surface area (Å²) in [6.45, 7) is 1.35. The lowest BCUT2D eigenvalue weighted by molar-refractivity contribution is -0.392. The molecule has 0 aliphatic rings. The Morgan fingerprint density at radius 3 is 2.78 bits per heavy atom. The normalized spacial score (nSPS) is 13.6. The maximum Gasteiger partial charge on any atom is 0.470 e. The molecule has 0 amide bonds. The summed E-state index contributed by atoms with van der Waals surface area (Å²) in [6, 6.07) is 0. The molecule has 18 heavy (non-hydrogen) atoms. The van der Waals surface area contributed by atoms with E-state index in [-0.39, 0.29) is 18.2 Å². The first-order valence-corrected chi connectivity index (χ1v) is 6.77. The van der Waals surface area contributed by atoms with Crippen LogP contribution in [-0.2, 0) is 15.6 Å². The predicted octanol–water partition coefficient (Wildman–Crippen LogP) is 0.816. The molecule has 0 aliphatic carbocycles. The Morgan fingerprint density at radius 1 is 1.72 bits per heavy atom. The molecule has 0 saturated carbocycles. The van der Waals surface area contributed by atoms with Crippen molar-refractivity contribution in [3.63, 3.8) is 0 Å². The number of hydrogen-bond donors (Lipinski definition) is 2. The molecule has 9 nitrogen and oxygen atoms in total. The zero-order chi connectivity index (χ0) is 13.9. The van der Waals surface area contributed by atoms with E-state index in [0.29, 0.717) is 5.82 Å². The van der Waals surface area contributed by atoms with E-state index in [1.807, 2.05) is 0 Å². The van der Waals surface area contributed by atoms with Gasteiger partial charge in [-0.15, -0.1) is 11.6 Å². The van der Waals surface area contributed by atoms with Gasteiger partial charge < -0.3 is 19.9 Å². The Kier molecular flexibility index (Phi) is 4.83. The van der Waals surface area contributed by atoms with Gasteiger partial charge in [-0.3, -0.25) is 4.52 Å². The average Bonchev–Trinajstić information content (AvgIpc) is 2.57. The first-order valence-electron chi connectivity index (χ1n) is 4.71. The summed E-state index contributed by atoms with van der Waals surface area (Å²) in [7, 11) is -4.70. The molecule has 11 heteroatoms. The van der Waals surface area contributed by atoms with E-state index >= 15 is 0 Å². The van der Waals surface area contributed by atoms with Crippen molar-refractivity contribution in [2.45, 2.75) is 19.6 Å². The summed E-state index contributed by atoms with van der Waals surface area (Å²) in [5.74, 6) is -0.192. The lowest BCUT2D eigenvalue weighted by Crippen LogP contribution is -2.22. The average molecular weight is 300 g/mol. The minimum atomic E-state index is -4.70. The maximum absolute atomic E-state index is 10.7. The summed E-state index contributed by atoms with van der Waals surface area (Å²) >= 11 is 5.50. The Hall–Kier alpha value is -0.990. The molecule has 0 radical (unpaired) electrons. The highest BCUT2D eigenvalue weighted by atomic mass is 35.5. The van der Waals surface area contributed by atoms with Crippen LogP contribution in [0.1, 0.15) is 5.82 Å². The van der Waals surface area contributed by atoms with Crippen LogP contribution >= 0.6 is 19.4 Å². The van der Waals surface area contributed by atoms with Crippen LogP contribution in [0.2, 0.25) is 0 Å². The van der Waals surface area contributed by atoms with Crippen molar-refractivity contribution in [2.24, 2.45) is 0 Å². The second kappa shape index (κ2) is 5.77. The minimum Gasteiger partial charge on any atom is -0.358 e. The van der Waals surface area contributed by atoms with Gasteiger partial charge in [0.2, 0.25) is 0 Å². The quantitative estimate of drug-likeness (QED) is 0.344. The van der Waals surface area contributed by atoms with Crippen molar-refractivity contribution in [3.05, 3.63) is 22.1 Å². The number of hydrogen-bond acceptors (Lipinski definition) is 5. The van der Waals surface area contributed by atoms with Gasteiger partial charge in [-0.1, -0.05) is 0 Å². The highest BCUT2D eigenvalue weighted by Gasteiger charge is 2.27. The van der Waals surface area contributed by atoms with E-state index in [9.17, 15) is 14.7 Å². The molecule has 0 saturated heterocycles.